The lowest BCUT2D eigenvalue weighted by Gasteiger charge is -2.52. The molecule has 2 aromatic carbocycles. The van der Waals surface area contributed by atoms with Crippen molar-refractivity contribution in [1.29, 1.82) is 0 Å². The molecule has 2 fully saturated rings. The van der Waals surface area contributed by atoms with Gasteiger partial charge in [-0.2, -0.15) is 0 Å². The highest BCUT2D eigenvalue weighted by Gasteiger charge is 2.69. The summed E-state index contributed by atoms with van der Waals surface area (Å²) in [6.45, 7) is 1.94. The first kappa shape index (κ1) is 25.0. The van der Waals surface area contributed by atoms with Crippen LogP contribution in [0.15, 0.2) is 36.4 Å². The van der Waals surface area contributed by atoms with Crippen LogP contribution in [0.1, 0.15) is 27.9 Å². The van der Waals surface area contributed by atoms with Crippen molar-refractivity contribution < 1.29 is 34.2 Å². The Kier molecular flexibility index (Phi) is 5.69. The summed E-state index contributed by atoms with van der Waals surface area (Å²) in [6, 6.07) is 9.68. The Bertz CT molecular complexity index is 1400. The quantitative estimate of drug-likeness (QED) is 0.520. The van der Waals surface area contributed by atoms with Gasteiger partial charge in [0.15, 0.2) is 34.7 Å². The summed E-state index contributed by atoms with van der Waals surface area (Å²) < 4.78 is 0. The van der Waals surface area contributed by atoms with Gasteiger partial charge in [-0.15, -0.1) is 0 Å². The predicted molar refractivity (Wildman–Crippen MR) is 132 cm³/mol. The molecule has 5 rings (SSSR count). The van der Waals surface area contributed by atoms with Crippen LogP contribution in [0, 0.1) is 30.6 Å². The molecular formula is C28H28N2O7. The number of primary amides is 1. The maximum absolute atomic E-state index is 13.8. The molecule has 37 heavy (non-hydrogen) atoms. The monoisotopic (exact) mass is 504 g/mol. The van der Waals surface area contributed by atoms with E-state index in [0.29, 0.717) is 5.56 Å². The number of carbonyl (C=O) groups is 5. The molecule has 6 atom stereocenters. The van der Waals surface area contributed by atoms with Crippen LogP contribution >= 0.6 is 0 Å². The van der Waals surface area contributed by atoms with Crippen molar-refractivity contribution in [2.24, 2.45) is 29.4 Å². The second-order valence-corrected chi connectivity index (χ2v) is 10.6. The summed E-state index contributed by atoms with van der Waals surface area (Å²) in [5.41, 5.74) is 5.79. The van der Waals surface area contributed by atoms with Gasteiger partial charge < -0.3 is 15.9 Å². The molecule has 0 aromatic heterocycles. The van der Waals surface area contributed by atoms with E-state index in [1.54, 1.807) is 20.2 Å². The first-order valence-electron chi connectivity index (χ1n) is 12.2. The maximum atomic E-state index is 13.8. The van der Waals surface area contributed by atoms with E-state index in [-0.39, 0.29) is 24.2 Å². The Morgan fingerprint density at radius 2 is 1.78 bits per heavy atom. The Labute approximate surface area is 213 Å². The first-order chi connectivity index (χ1) is 17.4. The van der Waals surface area contributed by atoms with Crippen LogP contribution in [-0.4, -0.2) is 69.9 Å². The number of aryl methyl sites for hydroxylation is 1. The zero-order valence-electron chi connectivity index (χ0n) is 20.7. The normalized spacial score (nSPS) is 31.1. The molecule has 0 aliphatic heterocycles. The van der Waals surface area contributed by atoms with Crippen molar-refractivity contribution in [2.75, 3.05) is 14.1 Å². The highest BCUT2D eigenvalue weighted by Crippen LogP contribution is 2.51. The second-order valence-electron chi connectivity index (χ2n) is 10.6. The molecular weight excluding hydrogens is 476 g/mol. The molecule has 0 spiro atoms. The molecule has 9 nitrogen and oxygen atoms in total. The third-order valence-electron chi connectivity index (χ3n) is 8.27. The highest BCUT2D eigenvalue weighted by atomic mass is 16.3. The van der Waals surface area contributed by atoms with Crippen molar-refractivity contribution in [2.45, 2.75) is 31.4 Å². The van der Waals surface area contributed by atoms with Crippen LogP contribution < -0.4 is 5.73 Å². The van der Waals surface area contributed by atoms with E-state index >= 15 is 0 Å². The molecule has 9 heteroatoms. The van der Waals surface area contributed by atoms with Gasteiger partial charge in [0.1, 0.15) is 5.75 Å². The van der Waals surface area contributed by atoms with Gasteiger partial charge in [0.25, 0.3) is 0 Å². The number of carbonyl (C=O) groups excluding carboxylic acids is 5. The Balaban J connectivity index is 1.67. The number of rotatable bonds is 3. The summed E-state index contributed by atoms with van der Waals surface area (Å²) in [7, 11) is 3.12. The SMILES string of the molecule is Cc1cccc(-c2ccc(O)c3c2C[C@H]2C[C@H]4[C@@H](N(C)C)C(=O)C(C(N)=O)C(=O)[C@@]4(O)C(=O)C2C3=O)c1. The number of amides is 1. The van der Waals surface area contributed by atoms with Gasteiger partial charge in [-0.25, -0.2) is 0 Å². The number of phenolic OH excluding ortho intramolecular Hbond substituents is 1. The number of aliphatic hydroxyl groups is 1. The Morgan fingerprint density at radius 1 is 1.08 bits per heavy atom. The molecule has 2 saturated carbocycles. The second kappa shape index (κ2) is 8.43. The van der Waals surface area contributed by atoms with E-state index in [2.05, 4.69) is 0 Å². The number of ketones is 4. The molecule has 192 valence electrons. The van der Waals surface area contributed by atoms with Crippen molar-refractivity contribution >= 4 is 29.0 Å². The van der Waals surface area contributed by atoms with Gasteiger partial charge in [-0.05, 0) is 62.5 Å². The number of aromatic hydroxyl groups is 1. The van der Waals surface area contributed by atoms with E-state index in [0.717, 1.165) is 16.7 Å². The third-order valence-corrected chi connectivity index (χ3v) is 8.27. The van der Waals surface area contributed by atoms with Crippen molar-refractivity contribution in [3.05, 3.63) is 53.1 Å². The molecule has 1 amide bonds. The number of hydrogen-bond acceptors (Lipinski definition) is 8. The number of nitrogens with two attached hydrogens (primary N) is 1. The molecule has 0 radical (unpaired) electrons. The minimum Gasteiger partial charge on any atom is -0.507 e. The molecule has 0 saturated heterocycles. The standard InChI is InChI=1S/C28H28N2O7/c1-12-5-4-6-13(9-12)15-7-8-18(31)20-16(15)10-14-11-17-22(30(2)3)24(33)21(27(29)36)26(35)28(17,37)25(34)19(14)23(20)32/h4-9,14,17,19,21-22,31,37H,10-11H2,1-3H3,(H2,29,36)/t14-,17-,19?,21?,22+,28-/m0/s1. The fourth-order valence-electron chi connectivity index (χ4n) is 6.69. The third kappa shape index (κ3) is 3.41. The Hall–Kier alpha value is -3.69. The summed E-state index contributed by atoms with van der Waals surface area (Å²) in [6.07, 6.45) is 0.246. The summed E-state index contributed by atoms with van der Waals surface area (Å²) in [4.78, 5) is 67.6. The predicted octanol–water partition coefficient (Wildman–Crippen LogP) is 0.842. The highest BCUT2D eigenvalue weighted by molar-refractivity contribution is 6.32. The van der Waals surface area contributed by atoms with E-state index in [4.69, 9.17) is 5.73 Å². The van der Waals surface area contributed by atoms with Crippen LogP contribution in [0.25, 0.3) is 11.1 Å². The van der Waals surface area contributed by atoms with Crippen LogP contribution in [0.5, 0.6) is 5.75 Å². The average molecular weight is 505 g/mol. The van der Waals surface area contributed by atoms with Crippen molar-refractivity contribution in [3.8, 4) is 16.9 Å². The minimum absolute atomic E-state index is 0.00870. The van der Waals surface area contributed by atoms with E-state index in [9.17, 15) is 34.2 Å². The number of Topliss-reactive ketones (excluding diaryl/α,β-unsaturated/α-hetero) is 4. The fourth-order valence-corrected chi connectivity index (χ4v) is 6.69. The number of nitrogens with zero attached hydrogens (tertiary/aromatic N) is 1. The van der Waals surface area contributed by atoms with Gasteiger partial charge in [0.05, 0.1) is 17.5 Å². The van der Waals surface area contributed by atoms with Gasteiger partial charge >= 0.3 is 0 Å². The number of likely N-dealkylation sites (N-methyl/N-ethyl adjacent to an activating group) is 1. The fraction of sp³-hybridized carbons (Fsp3) is 0.393. The van der Waals surface area contributed by atoms with Crippen LogP contribution in [0.3, 0.4) is 0 Å². The number of hydrogen-bond donors (Lipinski definition) is 3. The zero-order valence-corrected chi connectivity index (χ0v) is 20.7. The van der Waals surface area contributed by atoms with Crippen LogP contribution in [0.2, 0.25) is 0 Å². The average Bonchev–Trinajstić information content (AvgIpc) is 2.81. The zero-order chi connectivity index (χ0) is 27.0. The lowest BCUT2D eigenvalue weighted by atomic mass is 9.52. The molecule has 2 unspecified atom stereocenters. The smallest absolute Gasteiger partial charge is 0.235 e. The summed E-state index contributed by atoms with van der Waals surface area (Å²) in [5, 5.41) is 22.3. The molecule has 0 bridgehead atoms. The Morgan fingerprint density at radius 3 is 2.41 bits per heavy atom. The maximum Gasteiger partial charge on any atom is 0.235 e. The molecule has 2 aromatic rings. The van der Waals surface area contributed by atoms with Gasteiger partial charge in [-0.3, -0.25) is 28.9 Å². The molecule has 3 aliphatic rings. The van der Waals surface area contributed by atoms with Gasteiger partial charge in [0, 0.05) is 5.92 Å². The minimum atomic E-state index is -2.72. The van der Waals surface area contributed by atoms with Crippen LogP contribution in [-0.2, 0) is 25.6 Å². The number of phenols is 1. The van der Waals surface area contributed by atoms with E-state index in [1.165, 1.54) is 11.0 Å². The van der Waals surface area contributed by atoms with Gasteiger partial charge in [0.2, 0.25) is 5.91 Å². The number of fused-ring (bicyclic) bond motifs is 3. The lowest BCUT2D eigenvalue weighted by molar-refractivity contribution is -0.181. The summed E-state index contributed by atoms with van der Waals surface area (Å²) >= 11 is 0. The van der Waals surface area contributed by atoms with Crippen molar-refractivity contribution in [1.82, 2.24) is 4.90 Å². The van der Waals surface area contributed by atoms with Crippen molar-refractivity contribution in [3.63, 3.8) is 0 Å². The van der Waals surface area contributed by atoms with E-state index < -0.39 is 64.4 Å². The molecule has 0 heterocycles. The first-order valence-corrected chi connectivity index (χ1v) is 12.2. The van der Waals surface area contributed by atoms with Crippen LogP contribution in [0.4, 0.5) is 0 Å². The summed E-state index contributed by atoms with van der Waals surface area (Å²) in [5.74, 6) is -10.4. The molecule has 4 N–H and O–H groups in total. The largest absolute Gasteiger partial charge is 0.507 e. The van der Waals surface area contributed by atoms with E-state index in [1.807, 2.05) is 31.2 Å². The lowest BCUT2D eigenvalue weighted by Crippen LogP contribution is -2.74. The van der Waals surface area contributed by atoms with Gasteiger partial charge in [-0.1, -0.05) is 35.9 Å². The molecule has 3 aliphatic carbocycles. The topological polar surface area (TPSA) is 155 Å². The number of benzene rings is 2.